The Morgan fingerprint density at radius 2 is 2.19 bits per heavy atom. The average molecular weight is 395 g/mol. The van der Waals surface area contributed by atoms with Crippen molar-refractivity contribution in [2.24, 2.45) is 0 Å². The van der Waals surface area contributed by atoms with Gasteiger partial charge in [-0.1, -0.05) is 24.6 Å². The quantitative estimate of drug-likeness (QED) is 0.389. The highest BCUT2D eigenvalue weighted by atomic mass is 32.2. The highest BCUT2D eigenvalue weighted by molar-refractivity contribution is 7.99. The Labute approximate surface area is 161 Å². The van der Waals surface area contributed by atoms with Crippen LogP contribution in [0.1, 0.15) is 32.6 Å². The second-order valence-electron chi connectivity index (χ2n) is 5.94. The minimum absolute atomic E-state index is 0.184. The third-order valence-electron chi connectivity index (χ3n) is 4.11. The van der Waals surface area contributed by atoms with Gasteiger partial charge in [0.1, 0.15) is 0 Å². The molecule has 2 heterocycles. The molecule has 1 fully saturated rings. The first-order valence-electron chi connectivity index (χ1n) is 8.62. The number of hydrogen-bond donors (Lipinski definition) is 3. The molecule has 0 saturated heterocycles. The molecule has 3 rings (SSSR count). The predicted octanol–water partition coefficient (Wildman–Crippen LogP) is 2.09. The van der Waals surface area contributed by atoms with Gasteiger partial charge in [0.05, 0.1) is 12.0 Å². The van der Waals surface area contributed by atoms with Gasteiger partial charge in [-0.2, -0.15) is 0 Å². The van der Waals surface area contributed by atoms with Crippen molar-refractivity contribution in [3.8, 4) is 11.6 Å². The maximum absolute atomic E-state index is 12.0. The van der Waals surface area contributed by atoms with E-state index in [1.54, 1.807) is 12.3 Å². The summed E-state index contributed by atoms with van der Waals surface area (Å²) in [6.07, 6.45) is 6.29. The smallest absolute Gasteiger partial charge is 0.248 e. The number of nitrogens with zero attached hydrogens (tertiary/aromatic N) is 3. The van der Waals surface area contributed by atoms with Gasteiger partial charge >= 0.3 is 0 Å². The van der Waals surface area contributed by atoms with E-state index in [0.29, 0.717) is 34.4 Å². The molecule has 1 aliphatic carbocycles. The van der Waals surface area contributed by atoms with E-state index in [4.69, 9.17) is 16.6 Å². The zero-order chi connectivity index (χ0) is 18.4. The second kappa shape index (κ2) is 9.04. The molecule has 1 saturated carbocycles. The van der Waals surface area contributed by atoms with Crippen molar-refractivity contribution >= 4 is 35.0 Å². The standard InChI is InChI=1S/C16H22N6O2S2/c1-2-22-14(12-8-5-9-24-12)19-21-16(22)26-10-13(23)18-20-15(25)17-11-6-3-4-7-11/h5,8-9,11H,2-4,6-7,10H2,1H3,(H,18,23)(H2,17,20,25). The Kier molecular flexibility index (Phi) is 6.51. The molecule has 1 aliphatic rings. The third kappa shape index (κ3) is 4.76. The van der Waals surface area contributed by atoms with Crippen LogP contribution < -0.4 is 16.2 Å². The minimum Gasteiger partial charge on any atom is -0.461 e. The molecule has 0 aromatic carbocycles. The van der Waals surface area contributed by atoms with Gasteiger partial charge in [0, 0.05) is 12.6 Å². The number of carbonyl (C=O) groups is 1. The summed E-state index contributed by atoms with van der Waals surface area (Å²) in [6.45, 7) is 2.68. The topological polar surface area (TPSA) is 97.0 Å². The lowest BCUT2D eigenvalue weighted by Crippen LogP contribution is -2.49. The van der Waals surface area contributed by atoms with Gasteiger partial charge in [0.25, 0.3) is 0 Å². The summed E-state index contributed by atoms with van der Waals surface area (Å²) in [5, 5.41) is 12.6. The van der Waals surface area contributed by atoms with Crippen LogP contribution in [0.5, 0.6) is 0 Å². The number of hydrazine groups is 1. The van der Waals surface area contributed by atoms with Crippen LogP contribution in [-0.4, -0.2) is 37.6 Å². The molecule has 0 bridgehead atoms. The molecule has 2 aromatic heterocycles. The first-order valence-corrected chi connectivity index (χ1v) is 10.0. The summed E-state index contributed by atoms with van der Waals surface area (Å²) in [4.78, 5) is 12.0. The monoisotopic (exact) mass is 394 g/mol. The van der Waals surface area contributed by atoms with E-state index in [2.05, 4.69) is 26.4 Å². The maximum Gasteiger partial charge on any atom is 0.248 e. The molecule has 140 valence electrons. The van der Waals surface area contributed by atoms with Crippen LogP contribution >= 0.6 is 24.0 Å². The molecule has 8 nitrogen and oxygen atoms in total. The normalized spacial score (nSPS) is 14.3. The van der Waals surface area contributed by atoms with Gasteiger partial charge in [-0.25, -0.2) is 0 Å². The second-order valence-corrected chi connectivity index (χ2v) is 7.30. The highest BCUT2D eigenvalue weighted by Gasteiger charge is 2.17. The van der Waals surface area contributed by atoms with Gasteiger partial charge in [0.15, 0.2) is 21.9 Å². The first kappa shape index (κ1) is 18.7. The number of furan rings is 1. The van der Waals surface area contributed by atoms with Crippen LogP contribution in [0.3, 0.4) is 0 Å². The van der Waals surface area contributed by atoms with E-state index >= 15 is 0 Å². The molecule has 0 radical (unpaired) electrons. The molecule has 0 aliphatic heterocycles. The molecule has 2 aromatic rings. The molecule has 0 atom stereocenters. The lowest BCUT2D eigenvalue weighted by molar-refractivity contribution is -0.119. The van der Waals surface area contributed by atoms with E-state index in [-0.39, 0.29) is 11.7 Å². The molecular formula is C16H22N6O2S2. The molecule has 0 spiro atoms. The zero-order valence-corrected chi connectivity index (χ0v) is 16.2. The summed E-state index contributed by atoms with van der Waals surface area (Å²) in [7, 11) is 0. The number of thioether (sulfide) groups is 1. The Bertz CT molecular complexity index is 740. The summed E-state index contributed by atoms with van der Waals surface area (Å²) >= 11 is 6.51. The molecular weight excluding hydrogens is 372 g/mol. The van der Waals surface area contributed by atoms with Crippen LogP contribution in [0, 0.1) is 0 Å². The SMILES string of the molecule is CCn1c(SCC(=O)NNC(=S)NC2CCCC2)nnc1-c1ccco1. The first-order chi connectivity index (χ1) is 12.7. The molecule has 3 N–H and O–H groups in total. The average Bonchev–Trinajstić information content (AvgIpc) is 3.38. The van der Waals surface area contributed by atoms with Crippen molar-refractivity contribution in [3.63, 3.8) is 0 Å². The molecule has 1 amide bonds. The van der Waals surface area contributed by atoms with Crippen molar-refractivity contribution in [3.05, 3.63) is 18.4 Å². The van der Waals surface area contributed by atoms with Gasteiger partial charge < -0.3 is 9.73 Å². The van der Waals surface area contributed by atoms with E-state index < -0.39 is 0 Å². The molecule has 0 unspecified atom stereocenters. The minimum atomic E-state index is -0.184. The van der Waals surface area contributed by atoms with Crippen LogP contribution in [0.4, 0.5) is 0 Å². The fourth-order valence-corrected chi connectivity index (χ4v) is 3.87. The Morgan fingerprint density at radius 1 is 1.38 bits per heavy atom. The summed E-state index contributed by atoms with van der Waals surface area (Å²) < 4.78 is 7.29. The van der Waals surface area contributed by atoms with E-state index in [1.807, 2.05) is 17.6 Å². The van der Waals surface area contributed by atoms with Crippen molar-refractivity contribution in [1.29, 1.82) is 0 Å². The lowest BCUT2D eigenvalue weighted by atomic mass is 10.3. The Hall–Kier alpha value is -2.07. The number of amides is 1. The van der Waals surface area contributed by atoms with Crippen molar-refractivity contribution in [2.75, 3.05) is 5.75 Å². The number of thiocarbonyl (C=S) groups is 1. The highest BCUT2D eigenvalue weighted by Crippen LogP contribution is 2.24. The number of hydrogen-bond acceptors (Lipinski definition) is 6. The summed E-state index contributed by atoms with van der Waals surface area (Å²) in [6, 6.07) is 4.04. The largest absolute Gasteiger partial charge is 0.461 e. The van der Waals surface area contributed by atoms with Gasteiger partial charge in [-0.05, 0) is 44.1 Å². The van der Waals surface area contributed by atoms with Crippen molar-refractivity contribution < 1.29 is 9.21 Å². The third-order valence-corrected chi connectivity index (χ3v) is 5.30. The van der Waals surface area contributed by atoms with Gasteiger partial charge in [-0.15, -0.1) is 10.2 Å². The van der Waals surface area contributed by atoms with Crippen molar-refractivity contribution in [2.45, 2.75) is 50.4 Å². The number of carbonyl (C=O) groups excluding carboxylic acids is 1. The maximum atomic E-state index is 12.0. The summed E-state index contributed by atoms with van der Waals surface area (Å²) in [5.74, 6) is 1.33. The predicted molar refractivity (Wildman–Crippen MR) is 103 cm³/mol. The van der Waals surface area contributed by atoms with Crippen molar-refractivity contribution in [1.82, 2.24) is 30.9 Å². The van der Waals surface area contributed by atoms with Crippen LogP contribution in [0.2, 0.25) is 0 Å². The Morgan fingerprint density at radius 3 is 2.88 bits per heavy atom. The Balaban J connectivity index is 1.46. The van der Waals surface area contributed by atoms with Crippen LogP contribution in [0.25, 0.3) is 11.6 Å². The van der Waals surface area contributed by atoms with E-state index in [0.717, 1.165) is 12.8 Å². The number of nitrogens with one attached hydrogen (secondary N) is 3. The van der Waals surface area contributed by atoms with Crippen LogP contribution in [0.15, 0.2) is 28.0 Å². The fourth-order valence-electron chi connectivity index (χ4n) is 2.85. The van der Waals surface area contributed by atoms with E-state index in [9.17, 15) is 4.79 Å². The number of aromatic nitrogens is 3. The summed E-state index contributed by atoms with van der Waals surface area (Å²) in [5.41, 5.74) is 5.36. The van der Waals surface area contributed by atoms with Crippen LogP contribution in [-0.2, 0) is 11.3 Å². The zero-order valence-electron chi connectivity index (χ0n) is 14.5. The van der Waals surface area contributed by atoms with E-state index in [1.165, 1.54) is 24.6 Å². The molecule has 26 heavy (non-hydrogen) atoms. The lowest BCUT2D eigenvalue weighted by Gasteiger charge is -2.16. The fraction of sp³-hybridized carbons (Fsp3) is 0.500. The van der Waals surface area contributed by atoms with Gasteiger partial charge in [0.2, 0.25) is 5.91 Å². The van der Waals surface area contributed by atoms with Gasteiger partial charge in [-0.3, -0.25) is 20.2 Å². The molecule has 10 heteroatoms. The number of rotatable bonds is 6.